The first-order chi connectivity index (χ1) is 12.2. The standard InChI is InChI=1S/C19H17N5S/c1-13-16(15-10-6-7-11-17(15)23(13)2)12-20-24-18(21-22-19(24)25)14-8-4-3-5-9-14/h3-12H,1-2H3,(H,22,25)/b20-12-. The van der Waals surface area contributed by atoms with E-state index in [0.717, 1.165) is 16.8 Å². The maximum Gasteiger partial charge on any atom is 0.216 e. The van der Waals surface area contributed by atoms with Crippen LogP contribution in [0.3, 0.4) is 0 Å². The molecule has 0 saturated carbocycles. The Labute approximate surface area is 150 Å². The fourth-order valence-electron chi connectivity index (χ4n) is 3.00. The van der Waals surface area contributed by atoms with E-state index in [1.54, 1.807) is 4.68 Å². The van der Waals surface area contributed by atoms with E-state index in [1.807, 2.05) is 48.7 Å². The monoisotopic (exact) mass is 347 g/mol. The Morgan fingerprint density at radius 2 is 1.80 bits per heavy atom. The SMILES string of the molecule is Cc1c(/C=N\n2c(-c3ccccc3)n[nH]c2=S)c2ccccc2n1C. The van der Waals surface area contributed by atoms with Gasteiger partial charge in [0, 0.05) is 34.8 Å². The summed E-state index contributed by atoms with van der Waals surface area (Å²) in [6, 6.07) is 18.2. The van der Waals surface area contributed by atoms with Crippen molar-refractivity contribution in [1.82, 2.24) is 19.4 Å². The van der Waals surface area contributed by atoms with Crippen LogP contribution in [0.2, 0.25) is 0 Å². The van der Waals surface area contributed by atoms with Crippen LogP contribution in [0.25, 0.3) is 22.3 Å². The van der Waals surface area contributed by atoms with Crippen LogP contribution in [0.4, 0.5) is 0 Å². The second-order valence-corrected chi connectivity index (χ2v) is 6.24. The Kier molecular flexibility index (Phi) is 3.82. The van der Waals surface area contributed by atoms with Crippen LogP contribution in [0, 0.1) is 11.7 Å². The average Bonchev–Trinajstić information content (AvgIpc) is 3.13. The third kappa shape index (κ3) is 2.60. The van der Waals surface area contributed by atoms with Gasteiger partial charge in [-0.3, -0.25) is 0 Å². The molecule has 0 spiro atoms. The molecule has 0 unspecified atom stereocenters. The normalized spacial score (nSPS) is 11.6. The molecule has 0 aliphatic heterocycles. The summed E-state index contributed by atoms with van der Waals surface area (Å²) in [5, 5.41) is 12.9. The lowest BCUT2D eigenvalue weighted by Gasteiger charge is -2.01. The van der Waals surface area contributed by atoms with Crippen molar-refractivity contribution in [1.29, 1.82) is 0 Å². The van der Waals surface area contributed by atoms with Crippen LogP contribution in [0.1, 0.15) is 11.3 Å². The molecule has 4 rings (SSSR count). The van der Waals surface area contributed by atoms with E-state index >= 15 is 0 Å². The highest BCUT2D eigenvalue weighted by Gasteiger charge is 2.11. The van der Waals surface area contributed by atoms with Gasteiger partial charge in [0.25, 0.3) is 0 Å². The smallest absolute Gasteiger partial charge is 0.216 e. The van der Waals surface area contributed by atoms with Crippen LogP contribution >= 0.6 is 12.2 Å². The van der Waals surface area contributed by atoms with E-state index in [0.29, 0.717) is 10.6 Å². The molecule has 4 aromatic rings. The number of aromatic amines is 1. The second-order valence-electron chi connectivity index (χ2n) is 5.85. The summed E-state index contributed by atoms with van der Waals surface area (Å²) in [5.74, 6) is 0.694. The zero-order chi connectivity index (χ0) is 17.4. The number of H-pyrrole nitrogens is 1. The summed E-state index contributed by atoms with van der Waals surface area (Å²) in [4.78, 5) is 0. The van der Waals surface area contributed by atoms with Gasteiger partial charge in [-0.1, -0.05) is 48.5 Å². The lowest BCUT2D eigenvalue weighted by Crippen LogP contribution is -1.96. The lowest BCUT2D eigenvalue weighted by atomic mass is 10.1. The van der Waals surface area contributed by atoms with E-state index in [-0.39, 0.29) is 0 Å². The van der Waals surface area contributed by atoms with Gasteiger partial charge >= 0.3 is 0 Å². The molecule has 0 atom stereocenters. The Balaban J connectivity index is 1.84. The molecule has 5 nitrogen and oxygen atoms in total. The number of rotatable bonds is 3. The van der Waals surface area contributed by atoms with Crippen molar-refractivity contribution in [2.45, 2.75) is 6.92 Å². The minimum Gasteiger partial charge on any atom is -0.347 e. The zero-order valence-corrected chi connectivity index (χ0v) is 14.8. The van der Waals surface area contributed by atoms with Crippen molar-refractivity contribution < 1.29 is 0 Å². The summed E-state index contributed by atoms with van der Waals surface area (Å²) in [6.07, 6.45) is 1.86. The Morgan fingerprint density at radius 3 is 2.60 bits per heavy atom. The molecule has 0 aliphatic carbocycles. The van der Waals surface area contributed by atoms with Crippen molar-refractivity contribution in [2.75, 3.05) is 0 Å². The number of aryl methyl sites for hydroxylation is 1. The molecule has 0 amide bonds. The first kappa shape index (κ1) is 15.5. The number of hydrogen-bond acceptors (Lipinski definition) is 3. The average molecular weight is 347 g/mol. The van der Waals surface area contributed by atoms with Crippen LogP contribution in [-0.4, -0.2) is 25.7 Å². The van der Waals surface area contributed by atoms with Crippen molar-refractivity contribution in [2.24, 2.45) is 12.1 Å². The van der Waals surface area contributed by atoms with Gasteiger partial charge < -0.3 is 4.57 Å². The number of nitrogens with one attached hydrogen (secondary N) is 1. The summed E-state index contributed by atoms with van der Waals surface area (Å²) in [5.41, 5.74) is 4.38. The van der Waals surface area contributed by atoms with Gasteiger partial charge in [-0.05, 0) is 25.2 Å². The maximum absolute atomic E-state index is 5.35. The first-order valence-corrected chi connectivity index (χ1v) is 8.39. The maximum atomic E-state index is 5.35. The molecule has 0 fully saturated rings. The molecular weight excluding hydrogens is 330 g/mol. The minimum absolute atomic E-state index is 0.466. The molecule has 2 aromatic carbocycles. The van der Waals surface area contributed by atoms with Gasteiger partial charge in [-0.2, -0.15) is 14.9 Å². The zero-order valence-electron chi connectivity index (χ0n) is 14.0. The highest BCUT2D eigenvalue weighted by Crippen LogP contribution is 2.23. The largest absolute Gasteiger partial charge is 0.347 e. The number of hydrogen-bond donors (Lipinski definition) is 1. The molecule has 2 heterocycles. The van der Waals surface area contributed by atoms with Gasteiger partial charge in [0.2, 0.25) is 4.77 Å². The molecule has 0 bridgehead atoms. The van der Waals surface area contributed by atoms with E-state index in [9.17, 15) is 0 Å². The minimum atomic E-state index is 0.466. The van der Waals surface area contributed by atoms with Gasteiger partial charge in [0.05, 0.1) is 6.21 Å². The Morgan fingerprint density at radius 1 is 1.08 bits per heavy atom. The summed E-state index contributed by atoms with van der Waals surface area (Å²) >= 11 is 5.35. The highest BCUT2D eigenvalue weighted by molar-refractivity contribution is 7.71. The van der Waals surface area contributed by atoms with Crippen LogP contribution in [0.5, 0.6) is 0 Å². The van der Waals surface area contributed by atoms with E-state index < -0.39 is 0 Å². The topological polar surface area (TPSA) is 50.9 Å². The molecule has 1 N–H and O–H groups in total. The summed E-state index contributed by atoms with van der Waals surface area (Å²) < 4.78 is 4.29. The van der Waals surface area contributed by atoms with E-state index in [2.05, 4.69) is 46.0 Å². The van der Waals surface area contributed by atoms with Gasteiger partial charge in [-0.25, -0.2) is 5.10 Å². The third-order valence-electron chi connectivity index (χ3n) is 4.43. The Bertz CT molecular complexity index is 1130. The van der Waals surface area contributed by atoms with Crippen LogP contribution in [-0.2, 0) is 7.05 Å². The number of nitrogens with zero attached hydrogens (tertiary/aromatic N) is 4. The number of benzene rings is 2. The summed E-state index contributed by atoms with van der Waals surface area (Å²) in [6.45, 7) is 2.09. The molecule has 0 radical (unpaired) electrons. The second kappa shape index (κ2) is 6.14. The number of para-hydroxylation sites is 1. The molecule has 124 valence electrons. The van der Waals surface area contributed by atoms with Crippen molar-refractivity contribution in [3.8, 4) is 11.4 Å². The molecule has 6 heteroatoms. The quantitative estimate of drug-likeness (QED) is 0.444. The molecule has 25 heavy (non-hydrogen) atoms. The van der Waals surface area contributed by atoms with Crippen molar-refractivity contribution in [3.63, 3.8) is 0 Å². The third-order valence-corrected chi connectivity index (χ3v) is 4.70. The molecule has 2 aromatic heterocycles. The lowest BCUT2D eigenvalue weighted by molar-refractivity contribution is 0.870. The molecule has 0 aliphatic rings. The Hall–Kier alpha value is -2.99. The van der Waals surface area contributed by atoms with Gasteiger partial charge in [0.1, 0.15) is 0 Å². The van der Waals surface area contributed by atoms with Gasteiger partial charge in [-0.15, -0.1) is 0 Å². The van der Waals surface area contributed by atoms with Crippen molar-refractivity contribution >= 4 is 29.3 Å². The number of fused-ring (bicyclic) bond motifs is 1. The fraction of sp³-hybridized carbons (Fsp3) is 0.105. The van der Waals surface area contributed by atoms with Crippen molar-refractivity contribution in [3.05, 3.63) is 70.6 Å². The van der Waals surface area contributed by atoms with Crippen LogP contribution in [0.15, 0.2) is 59.7 Å². The highest BCUT2D eigenvalue weighted by atomic mass is 32.1. The van der Waals surface area contributed by atoms with E-state index in [1.165, 1.54) is 10.9 Å². The molecule has 0 saturated heterocycles. The summed E-state index contributed by atoms with van der Waals surface area (Å²) in [7, 11) is 2.06. The predicted octanol–water partition coefficient (Wildman–Crippen LogP) is 4.29. The number of aromatic nitrogens is 4. The van der Waals surface area contributed by atoms with Gasteiger partial charge in [0.15, 0.2) is 5.82 Å². The predicted molar refractivity (Wildman–Crippen MR) is 103 cm³/mol. The van der Waals surface area contributed by atoms with Crippen LogP contribution < -0.4 is 0 Å². The fourth-order valence-corrected chi connectivity index (χ4v) is 3.18. The van der Waals surface area contributed by atoms with E-state index in [4.69, 9.17) is 12.2 Å². The first-order valence-electron chi connectivity index (χ1n) is 7.98. The molecular formula is C19H17N5S.